The van der Waals surface area contributed by atoms with Crippen LogP contribution in [0.5, 0.6) is 0 Å². The van der Waals surface area contributed by atoms with Crippen molar-refractivity contribution >= 4 is 5.91 Å². The molecule has 106 valence electrons. The van der Waals surface area contributed by atoms with E-state index in [9.17, 15) is 4.79 Å². The van der Waals surface area contributed by atoms with E-state index in [1.807, 2.05) is 0 Å². The molecular formula is C15H30N2O. The molecule has 1 fully saturated rings. The maximum Gasteiger partial charge on any atom is 0.222 e. The molecule has 1 aliphatic heterocycles. The highest BCUT2D eigenvalue weighted by Crippen LogP contribution is 2.22. The molecule has 2 atom stereocenters. The normalized spacial score (nSPS) is 22.6. The number of carbonyl (C=O) groups excluding carboxylic acids is 1. The number of likely N-dealkylation sites (tertiary alicyclic amines) is 1. The molecule has 1 saturated heterocycles. The smallest absolute Gasteiger partial charge is 0.222 e. The van der Waals surface area contributed by atoms with Gasteiger partial charge in [-0.1, -0.05) is 26.7 Å². The van der Waals surface area contributed by atoms with Crippen LogP contribution in [0.3, 0.4) is 0 Å². The SMILES string of the molecule is CCCC1CCCN(C(=O)CCC(C)CN)CC1. The van der Waals surface area contributed by atoms with E-state index >= 15 is 0 Å². The zero-order valence-electron chi connectivity index (χ0n) is 12.2. The fourth-order valence-electron chi connectivity index (χ4n) is 2.76. The van der Waals surface area contributed by atoms with Gasteiger partial charge >= 0.3 is 0 Å². The maximum atomic E-state index is 12.1. The number of hydrogen-bond donors (Lipinski definition) is 1. The Bertz CT molecular complexity index is 243. The molecule has 1 heterocycles. The minimum Gasteiger partial charge on any atom is -0.343 e. The third-order valence-electron chi connectivity index (χ3n) is 4.15. The first kappa shape index (κ1) is 15.5. The van der Waals surface area contributed by atoms with E-state index in [-0.39, 0.29) is 0 Å². The van der Waals surface area contributed by atoms with Gasteiger partial charge in [-0.2, -0.15) is 0 Å². The average molecular weight is 254 g/mol. The van der Waals surface area contributed by atoms with Crippen LogP contribution in [-0.2, 0) is 4.79 Å². The summed E-state index contributed by atoms with van der Waals surface area (Å²) < 4.78 is 0. The topological polar surface area (TPSA) is 46.3 Å². The van der Waals surface area contributed by atoms with Gasteiger partial charge in [0.2, 0.25) is 5.91 Å². The van der Waals surface area contributed by atoms with Gasteiger partial charge in [0.1, 0.15) is 0 Å². The third kappa shape index (κ3) is 5.38. The molecule has 0 aromatic heterocycles. The lowest BCUT2D eigenvalue weighted by molar-refractivity contribution is -0.131. The van der Waals surface area contributed by atoms with Gasteiger partial charge in [0, 0.05) is 19.5 Å². The summed E-state index contributed by atoms with van der Waals surface area (Å²) in [6.07, 6.45) is 7.89. The molecule has 3 nitrogen and oxygen atoms in total. The molecule has 0 spiro atoms. The lowest BCUT2D eigenvalue weighted by atomic mass is 9.96. The average Bonchev–Trinajstić information content (AvgIpc) is 2.61. The predicted octanol–water partition coefficient (Wildman–Crippen LogP) is 2.79. The molecule has 3 heteroatoms. The van der Waals surface area contributed by atoms with Crippen LogP contribution in [-0.4, -0.2) is 30.4 Å². The summed E-state index contributed by atoms with van der Waals surface area (Å²) in [5, 5.41) is 0. The molecule has 0 aromatic rings. The van der Waals surface area contributed by atoms with Gasteiger partial charge < -0.3 is 10.6 Å². The van der Waals surface area contributed by atoms with Crippen molar-refractivity contribution in [2.24, 2.45) is 17.6 Å². The first-order valence-electron chi connectivity index (χ1n) is 7.65. The van der Waals surface area contributed by atoms with Crippen LogP contribution in [0.15, 0.2) is 0 Å². The van der Waals surface area contributed by atoms with Gasteiger partial charge in [-0.3, -0.25) is 4.79 Å². The summed E-state index contributed by atoms with van der Waals surface area (Å²) in [4.78, 5) is 14.2. The Balaban J connectivity index is 2.31. The first-order valence-corrected chi connectivity index (χ1v) is 7.65. The molecule has 1 rings (SSSR count). The van der Waals surface area contributed by atoms with E-state index < -0.39 is 0 Å². The number of nitrogens with two attached hydrogens (primary N) is 1. The van der Waals surface area contributed by atoms with Crippen molar-refractivity contribution in [3.05, 3.63) is 0 Å². The molecule has 0 radical (unpaired) electrons. The van der Waals surface area contributed by atoms with Gasteiger partial charge in [0.05, 0.1) is 0 Å². The Labute approximate surface area is 112 Å². The highest BCUT2D eigenvalue weighted by Gasteiger charge is 2.20. The van der Waals surface area contributed by atoms with E-state index in [1.54, 1.807) is 0 Å². The van der Waals surface area contributed by atoms with E-state index in [1.165, 1.54) is 32.1 Å². The fourth-order valence-corrected chi connectivity index (χ4v) is 2.76. The maximum absolute atomic E-state index is 12.1. The summed E-state index contributed by atoms with van der Waals surface area (Å²) in [6, 6.07) is 0. The Morgan fingerprint density at radius 3 is 2.83 bits per heavy atom. The molecule has 1 amide bonds. The zero-order valence-corrected chi connectivity index (χ0v) is 12.2. The Morgan fingerprint density at radius 1 is 1.39 bits per heavy atom. The van der Waals surface area contributed by atoms with Crippen molar-refractivity contribution in [3.8, 4) is 0 Å². The van der Waals surface area contributed by atoms with Gasteiger partial charge in [0.15, 0.2) is 0 Å². The molecular weight excluding hydrogens is 224 g/mol. The summed E-state index contributed by atoms with van der Waals surface area (Å²) >= 11 is 0. The number of nitrogens with zero attached hydrogens (tertiary/aromatic N) is 1. The minimum absolute atomic E-state index is 0.340. The predicted molar refractivity (Wildman–Crippen MR) is 76.3 cm³/mol. The van der Waals surface area contributed by atoms with Crippen LogP contribution >= 0.6 is 0 Å². The van der Waals surface area contributed by atoms with Gasteiger partial charge in [-0.25, -0.2) is 0 Å². The van der Waals surface area contributed by atoms with Crippen molar-refractivity contribution in [3.63, 3.8) is 0 Å². The van der Waals surface area contributed by atoms with Gasteiger partial charge in [0.25, 0.3) is 0 Å². The fraction of sp³-hybridized carbons (Fsp3) is 0.933. The Kier molecular flexibility index (Phi) is 7.33. The highest BCUT2D eigenvalue weighted by molar-refractivity contribution is 5.76. The summed E-state index contributed by atoms with van der Waals surface area (Å²) in [7, 11) is 0. The number of rotatable bonds is 6. The van der Waals surface area contributed by atoms with E-state index in [0.717, 1.165) is 25.4 Å². The van der Waals surface area contributed by atoms with E-state index in [4.69, 9.17) is 5.73 Å². The van der Waals surface area contributed by atoms with Crippen molar-refractivity contribution in [1.82, 2.24) is 4.90 Å². The van der Waals surface area contributed by atoms with Crippen molar-refractivity contribution in [2.45, 2.75) is 58.8 Å². The van der Waals surface area contributed by atoms with Crippen LogP contribution in [0.2, 0.25) is 0 Å². The Morgan fingerprint density at radius 2 is 2.17 bits per heavy atom. The molecule has 0 saturated carbocycles. The zero-order chi connectivity index (χ0) is 13.4. The Hall–Kier alpha value is -0.570. The molecule has 2 N–H and O–H groups in total. The molecule has 0 bridgehead atoms. The van der Waals surface area contributed by atoms with E-state index in [0.29, 0.717) is 24.8 Å². The molecule has 2 unspecified atom stereocenters. The largest absolute Gasteiger partial charge is 0.343 e. The van der Waals surface area contributed by atoms with Gasteiger partial charge in [-0.05, 0) is 44.1 Å². The quantitative estimate of drug-likeness (QED) is 0.792. The van der Waals surface area contributed by atoms with Gasteiger partial charge in [-0.15, -0.1) is 0 Å². The number of carbonyl (C=O) groups is 1. The van der Waals surface area contributed by atoms with Crippen LogP contribution in [0.25, 0.3) is 0 Å². The summed E-state index contributed by atoms with van der Waals surface area (Å²) in [6.45, 7) is 7.00. The van der Waals surface area contributed by atoms with Crippen LogP contribution in [0, 0.1) is 11.8 Å². The summed E-state index contributed by atoms with van der Waals surface area (Å²) in [5.74, 6) is 1.65. The van der Waals surface area contributed by atoms with E-state index in [2.05, 4.69) is 18.7 Å². The number of hydrogen-bond acceptors (Lipinski definition) is 2. The van der Waals surface area contributed by atoms with Crippen molar-refractivity contribution < 1.29 is 4.79 Å². The molecule has 18 heavy (non-hydrogen) atoms. The first-order chi connectivity index (χ1) is 8.67. The lowest BCUT2D eigenvalue weighted by Gasteiger charge is -2.21. The second-order valence-electron chi connectivity index (χ2n) is 5.85. The second kappa shape index (κ2) is 8.52. The molecule has 1 aliphatic rings. The lowest BCUT2D eigenvalue weighted by Crippen LogP contribution is -2.32. The summed E-state index contributed by atoms with van der Waals surface area (Å²) in [5.41, 5.74) is 5.59. The molecule has 0 aromatic carbocycles. The van der Waals surface area contributed by atoms with Crippen LogP contribution < -0.4 is 5.73 Å². The molecule has 0 aliphatic carbocycles. The number of amides is 1. The van der Waals surface area contributed by atoms with Crippen LogP contribution in [0.1, 0.15) is 58.8 Å². The monoisotopic (exact) mass is 254 g/mol. The van der Waals surface area contributed by atoms with Crippen LogP contribution in [0.4, 0.5) is 0 Å². The van der Waals surface area contributed by atoms with Crippen molar-refractivity contribution in [1.29, 1.82) is 0 Å². The van der Waals surface area contributed by atoms with Crippen molar-refractivity contribution in [2.75, 3.05) is 19.6 Å². The third-order valence-corrected chi connectivity index (χ3v) is 4.15. The highest BCUT2D eigenvalue weighted by atomic mass is 16.2. The standard InChI is InChI=1S/C15H30N2O/c1-3-5-14-6-4-10-17(11-9-14)15(18)8-7-13(2)12-16/h13-14H,3-12,16H2,1-2H3. The second-order valence-corrected chi connectivity index (χ2v) is 5.85. The minimum atomic E-state index is 0.340.